The zero-order valence-corrected chi connectivity index (χ0v) is 14.4. The van der Waals surface area contributed by atoms with Gasteiger partial charge in [-0.3, -0.25) is 9.59 Å². The number of hydrogen-bond donors (Lipinski definition) is 1. The molecular weight excluding hydrogens is 324 g/mol. The van der Waals surface area contributed by atoms with Crippen molar-refractivity contribution in [1.29, 1.82) is 0 Å². The predicted octanol–water partition coefficient (Wildman–Crippen LogP) is 3.83. The largest absolute Gasteiger partial charge is 0.338 e. The highest BCUT2D eigenvalue weighted by molar-refractivity contribution is 6.04. The monoisotopic (exact) mass is 344 g/mol. The van der Waals surface area contributed by atoms with Gasteiger partial charge < -0.3 is 10.2 Å². The maximum atomic E-state index is 12.7. The summed E-state index contributed by atoms with van der Waals surface area (Å²) in [6.07, 6.45) is 0.267. The van der Waals surface area contributed by atoms with Gasteiger partial charge in [0, 0.05) is 30.6 Å². The molecule has 1 fully saturated rings. The number of carbonyl (C=O) groups is 2. The molecule has 0 spiro atoms. The Morgan fingerprint density at radius 1 is 0.962 bits per heavy atom. The van der Waals surface area contributed by atoms with Crippen molar-refractivity contribution in [3.05, 3.63) is 78.4 Å². The molecule has 1 heterocycles. The maximum Gasteiger partial charge on any atom is 0.229 e. The molecule has 1 aliphatic rings. The van der Waals surface area contributed by atoms with E-state index in [4.69, 9.17) is 0 Å². The SMILES string of the molecule is O=C(Nc1cccc2ccccc12)[C@H]1CC(=O)N(Cc2ccccc2)C1. The van der Waals surface area contributed by atoms with Crippen molar-refractivity contribution < 1.29 is 9.59 Å². The van der Waals surface area contributed by atoms with E-state index in [1.165, 1.54) is 0 Å². The Bertz CT molecular complexity index is 947. The second-order valence-electron chi connectivity index (χ2n) is 6.68. The van der Waals surface area contributed by atoms with Gasteiger partial charge in [0.05, 0.1) is 5.92 Å². The first-order valence-corrected chi connectivity index (χ1v) is 8.81. The van der Waals surface area contributed by atoms with Crippen LogP contribution in [0.1, 0.15) is 12.0 Å². The van der Waals surface area contributed by atoms with Crippen LogP contribution in [-0.2, 0) is 16.1 Å². The van der Waals surface area contributed by atoms with Crippen LogP contribution >= 0.6 is 0 Å². The molecule has 0 aliphatic carbocycles. The van der Waals surface area contributed by atoms with Crippen molar-refractivity contribution in [3.8, 4) is 0 Å². The molecule has 0 unspecified atom stereocenters. The van der Waals surface area contributed by atoms with Crippen LogP contribution in [0.25, 0.3) is 10.8 Å². The summed E-state index contributed by atoms with van der Waals surface area (Å²) < 4.78 is 0. The smallest absolute Gasteiger partial charge is 0.229 e. The molecule has 0 saturated carbocycles. The number of rotatable bonds is 4. The summed E-state index contributed by atoms with van der Waals surface area (Å²) >= 11 is 0. The zero-order valence-electron chi connectivity index (χ0n) is 14.4. The number of nitrogens with one attached hydrogen (secondary N) is 1. The fraction of sp³-hybridized carbons (Fsp3) is 0.182. The summed E-state index contributed by atoms with van der Waals surface area (Å²) in [6.45, 7) is 1.02. The van der Waals surface area contributed by atoms with Crippen LogP contribution in [0.2, 0.25) is 0 Å². The van der Waals surface area contributed by atoms with Gasteiger partial charge in [-0.15, -0.1) is 0 Å². The van der Waals surface area contributed by atoms with Crippen molar-refractivity contribution in [2.45, 2.75) is 13.0 Å². The lowest BCUT2D eigenvalue weighted by Gasteiger charge is -2.17. The normalized spacial score (nSPS) is 16.8. The number of benzene rings is 3. The highest BCUT2D eigenvalue weighted by Gasteiger charge is 2.34. The molecule has 4 heteroatoms. The van der Waals surface area contributed by atoms with E-state index in [1.807, 2.05) is 72.8 Å². The van der Waals surface area contributed by atoms with Gasteiger partial charge in [-0.1, -0.05) is 66.7 Å². The highest BCUT2D eigenvalue weighted by Crippen LogP contribution is 2.26. The van der Waals surface area contributed by atoms with Crippen molar-refractivity contribution in [2.24, 2.45) is 5.92 Å². The van der Waals surface area contributed by atoms with Crippen LogP contribution in [0.5, 0.6) is 0 Å². The lowest BCUT2D eigenvalue weighted by Crippen LogP contribution is -2.28. The fourth-order valence-electron chi connectivity index (χ4n) is 3.47. The number of amides is 2. The van der Waals surface area contributed by atoms with E-state index in [0.29, 0.717) is 13.1 Å². The highest BCUT2D eigenvalue weighted by atomic mass is 16.2. The molecule has 0 radical (unpaired) electrons. The molecule has 3 aromatic carbocycles. The number of nitrogens with zero attached hydrogens (tertiary/aromatic N) is 1. The first kappa shape index (κ1) is 16.3. The Balaban J connectivity index is 1.46. The first-order valence-electron chi connectivity index (χ1n) is 8.81. The van der Waals surface area contributed by atoms with Gasteiger partial charge in [0.2, 0.25) is 11.8 Å². The Kier molecular flexibility index (Phi) is 4.40. The first-order chi connectivity index (χ1) is 12.7. The van der Waals surface area contributed by atoms with Crippen molar-refractivity contribution in [1.82, 2.24) is 4.90 Å². The average Bonchev–Trinajstić information content (AvgIpc) is 3.03. The van der Waals surface area contributed by atoms with Crippen molar-refractivity contribution in [2.75, 3.05) is 11.9 Å². The summed E-state index contributed by atoms with van der Waals surface area (Å²) in [6, 6.07) is 23.7. The molecule has 4 rings (SSSR count). The minimum Gasteiger partial charge on any atom is -0.338 e. The quantitative estimate of drug-likeness (QED) is 0.782. The maximum absolute atomic E-state index is 12.7. The minimum atomic E-state index is -0.315. The van der Waals surface area contributed by atoms with Crippen LogP contribution in [0.3, 0.4) is 0 Å². The van der Waals surface area contributed by atoms with E-state index >= 15 is 0 Å². The Morgan fingerprint density at radius 2 is 1.69 bits per heavy atom. The molecule has 1 N–H and O–H groups in total. The van der Waals surface area contributed by atoms with Gasteiger partial charge >= 0.3 is 0 Å². The third-order valence-electron chi connectivity index (χ3n) is 4.85. The molecule has 1 aliphatic heterocycles. The van der Waals surface area contributed by atoms with Gasteiger partial charge in [-0.25, -0.2) is 0 Å². The fourth-order valence-corrected chi connectivity index (χ4v) is 3.47. The number of fused-ring (bicyclic) bond motifs is 1. The van der Waals surface area contributed by atoms with E-state index in [2.05, 4.69) is 5.32 Å². The lowest BCUT2D eigenvalue weighted by molar-refractivity contribution is -0.128. The summed E-state index contributed by atoms with van der Waals surface area (Å²) in [5.74, 6) is -0.373. The Labute approximate surface area is 152 Å². The third kappa shape index (κ3) is 3.31. The second kappa shape index (κ2) is 7.00. The van der Waals surface area contributed by atoms with Gasteiger partial charge in [0.25, 0.3) is 0 Å². The Morgan fingerprint density at radius 3 is 2.54 bits per heavy atom. The number of carbonyl (C=O) groups excluding carboxylic acids is 2. The molecule has 130 valence electrons. The van der Waals surface area contributed by atoms with Crippen LogP contribution in [0.4, 0.5) is 5.69 Å². The second-order valence-corrected chi connectivity index (χ2v) is 6.68. The van der Waals surface area contributed by atoms with Crippen molar-refractivity contribution >= 4 is 28.3 Å². The number of likely N-dealkylation sites (tertiary alicyclic amines) is 1. The number of anilines is 1. The molecule has 4 nitrogen and oxygen atoms in total. The molecule has 0 aromatic heterocycles. The zero-order chi connectivity index (χ0) is 17.9. The van der Waals surface area contributed by atoms with E-state index in [1.54, 1.807) is 4.90 Å². The van der Waals surface area contributed by atoms with Crippen LogP contribution in [0, 0.1) is 5.92 Å². The van der Waals surface area contributed by atoms with Gasteiger partial charge in [-0.05, 0) is 17.0 Å². The topological polar surface area (TPSA) is 49.4 Å². The van der Waals surface area contributed by atoms with E-state index in [0.717, 1.165) is 22.0 Å². The molecule has 0 bridgehead atoms. The summed E-state index contributed by atoms with van der Waals surface area (Å²) in [5, 5.41) is 5.10. The standard InChI is InChI=1S/C22H20N2O2/c25-21-13-18(15-24(21)14-16-7-2-1-3-8-16)22(26)23-20-12-6-10-17-9-4-5-11-19(17)20/h1-12,18H,13-15H2,(H,23,26)/t18-/m0/s1. The molecule has 1 atom stereocenters. The number of hydrogen-bond acceptors (Lipinski definition) is 2. The molecule has 3 aromatic rings. The average molecular weight is 344 g/mol. The van der Waals surface area contributed by atoms with Crippen LogP contribution in [-0.4, -0.2) is 23.3 Å². The summed E-state index contributed by atoms with van der Waals surface area (Å²) in [5.41, 5.74) is 1.87. The van der Waals surface area contributed by atoms with Gasteiger partial charge in [0.15, 0.2) is 0 Å². The summed E-state index contributed by atoms with van der Waals surface area (Å²) in [7, 11) is 0. The van der Waals surface area contributed by atoms with Gasteiger partial charge in [-0.2, -0.15) is 0 Å². The molecule has 1 saturated heterocycles. The third-order valence-corrected chi connectivity index (χ3v) is 4.85. The molecule has 26 heavy (non-hydrogen) atoms. The molecular formula is C22H20N2O2. The Hall–Kier alpha value is -3.14. The lowest BCUT2D eigenvalue weighted by atomic mass is 10.1. The van der Waals surface area contributed by atoms with E-state index < -0.39 is 0 Å². The van der Waals surface area contributed by atoms with Crippen molar-refractivity contribution in [3.63, 3.8) is 0 Å². The predicted molar refractivity (Wildman–Crippen MR) is 103 cm³/mol. The van der Waals surface area contributed by atoms with Gasteiger partial charge in [0.1, 0.15) is 0 Å². The van der Waals surface area contributed by atoms with E-state index in [9.17, 15) is 9.59 Å². The van der Waals surface area contributed by atoms with E-state index in [-0.39, 0.29) is 24.2 Å². The minimum absolute atomic E-state index is 0.0342. The summed E-state index contributed by atoms with van der Waals surface area (Å²) in [4.78, 5) is 26.8. The van der Waals surface area contributed by atoms with Crippen LogP contribution in [0.15, 0.2) is 72.8 Å². The van der Waals surface area contributed by atoms with Crippen LogP contribution < -0.4 is 5.32 Å². The molecule has 2 amide bonds.